The zero-order valence-electron chi connectivity index (χ0n) is 4.94. The van der Waals surface area contributed by atoms with Gasteiger partial charge in [0.15, 0.2) is 12.4 Å². The van der Waals surface area contributed by atoms with E-state index in [1.165, 1.54) is 12.3 Å². The third-order valence-electron chi connectivity index (χ3n) is 1.03. The first-order valence-corrected chi connectivity index (χ1v) is 2.64. The maximum Gasteiger partial charge on any atom is 0.422 e. The molecule has 0 amide bonds. The zero-order valence-corrected chi connectivity index (χ0v) is 4.94. The van der Waals surface area contributed by atoms with E-state index in [0.717, 1.165) is 12.3 Å². The van der Waals surface area contributed by atoms with E-state index in [1.54, 1.807) is 0 Å². The van der Waals surface area contributed by atoms with Crippen LogP contribution in [0.25, 0.3) is 0 Å². The largest absolute Gasteiger partial charge is 0.422 e. The topological polar surface area (TPSA) is 14.1 Å². The molecule has 0 spiro atoms. The molecule has 54 valence electrons. The number of hydrogen-bond acceptors (Lipinski definition) is 0. The summed E-state index contributed by atoms with van der Waals surface area (Å²) < 4.78 is 35.3. The van der Waals surface area contributed by atoms with Gasteiger partial charge in [-0.05, 0) is 6.07 Å². The minimum absolute atomic E-state index is 0.657. The van der Waals surface area contributed by atoms with E-state index >= 15 is 0 Å². The summed E-state index contributed by atoms with van der Waals surface area (Å²) in [5.41, 5.74) is -0.657. The van der Waals surface area contributed by atoms with Gasteiger partial charge in [-0.25, -0.2) is 4.98 Å². The van der Waals surface area contributed by atoms with Gasteiger partial charge in [0.25, 0.3) is 0 Å². The van der Waals surface area contributed by atoms with Crippen molar-refractivity contribution in [3.8, 4) is 0 Å². The molecular weight excluding hydrogens is 143 g/mol. The van der Waals surface area contributed by atoms with Crippen molar-refractivity contribution < 1.29 is 18.2 Å². The van der Waals surface area contributed by atoms with E-state index in [0.29, 0.717) is 0 Å². The van der Waals surface area contributed by atoms with Crippen molar-refractivity contribution in [1.29, 1.82) is 0 Å². The molecule has 1 aromatic rings. The summed E-state index contributed by atoms with van der Waals surface area (Å²) in [6, 6.07) is 2.32. The minimum Gasteiger partial charge on any atom is -0.217 e. The Morgan fingerprint density at radius 2 is 2.00 bits per heavy atom. The monoisotopic (exact) mass is 148 g/mol. The van der Waals surface area contributed by atoms with Crippen molar-refractivity contribution in [3.05, 3.63) is 30.1 Å². The number of nitrogens with one attached hydrogen (secondary N) is 1. The van der Waals surface area contributed by atoms with Crippen LogP contribution in [0, 0.1) is 0 Å². The molecule has 0 unspecified atom stereocenters. The number of pyridine rings is 1. The fourth-order valence-electron chi connectivity index (χ4n) is 0.570. The van der Waals surface area contributed by atoms with Crippen molar-refractivity contribution in [2.75, 3.05) is 0 Å². The third-order valence-corrected chi connectivity index (χ3v) is 1.03. The molecule has 0 aromatic carbocycles. The number of aromatic amines is 1. The van der Waals surface area contributed by atoms with Gasteiger partial charge >= 0.3 is 6.18 Å². The number of aromatic nitrogens is 1. The molecule has 0 bridgehead atoms. The van der Waals surface area contributed by atoms with Gasteiger partial charge in [0.1, 0.15) is 5.56 Å². The van der Waals surface area contributed by atoms with Gasteiger partial charge in [0, 0.05) is 6.07 Å². The van der Waals surface area contributed by atoms with Crippen LogP contribution in [-0.4, -0.2) is 0 Å². The van der Waals surface area contributed by atoms with Crippen LogP contribution < -0.4 is 4.98 Å². The van der Waals surface area contributed by atoms with Crippen molar-refractivity contribution in [3.63, 3.8) is 0 Å². The summed E-state index contributed by atoms with van der Waals surface area (Å²) in [6.45, 7) is 0. The van der Waals surface area contributed by atoms with Gasteiger partial charge < -0.3 is 0 Å². The fourth-order valence-corrected chi connectivity index (χ4v) is 0.570. The van der Waals surface area contributed by atoms with Crippen molar-refractivity contribution in [2.24, 2.45) is 0 Å². The molecule has 0 atom stereocenters. The highest BCUT2D eigenvalue weighted by atomic mass is 19.4. The minimum atomic E-state index is -4.24. The lowest BCUT2D eigenvalue weighted by atomic mass is 10.3. The highest BCUT2D eigenvalue weighted by molar-refractivity contribution is 5.08. The van der Waals surface area contributed by atoms with Gasteiger partial charge in [-0.2, -0.15) is 13.2 Å². The lowest BCUT2D eigenvalue weighted by Gasteiger charge is -2.00. The van der Waals surface area contributed by atoms with E-state index in [1.807, 2.05) is 0 Å². The van der Waals surface area contributed by atoms with Gasteiger partial charge in [-0.1, -0.05) is 0 Å². The Bertz CT molecular complexity index is 204. The molecule has 1 rings (SSSR count). The molecule has 1 N–H and O–H groups in total. The van der Waals surface area contributed by atoms with E-state index in [-0.39, 0.29) is 0 Å². The molecule has 4 heteroatoms. The molecular formula is C6H5F3N+. The summed E-state index contributed by atoms with van der Waals surface area (Å²) in [5.74, 6) is 0. The summed E-state index contributed by atoms with van der Waals surface area (Å²) in [4.78, 5) is 2.35. The molecule has 10 heavy (non-hydrogen) atoms. The molecule has 0 aliphatic rings. The van der Waals surface area contributed by atoms with E-state index < -0.39 is 11.7 Å². The number of H-pyrrole nitrogens is 1. The molecule has 0 radical (unpaired) electrons. The molecule has 0 aliphatic heterocycles. The van der Waals surface area contributed by atoms with Crippen LogP contribution in [0.4, 0.5) is 13.2 Å². The second-order valence-corrected chi connectivity index (χ2v) is 1.79. The highest BCUT2D eigenvalue weighted by Crippen LogP contribution is 2.27. The lowest BCUT2D eigenvalue weighted by Crippen LogP contribution is -2.10. The normalized spacial score (nSPS) is 11.5. The van der Waals surface area contributed by atoms with E-state index in [4.69, 9.17) is 0 Å². The van der Waals surface area contributed by atoms with Crippen molar-refractivity contribution in [1.82, 2.24) is 0 Å². The number of halogens is 3. The fraction of sp³-hybridized carbons (Fsp3) is 0.167. The Kier molecular flexibility index (Phi) is 1.61. The predicted octanol–water partition coefficient (Wildman–Crippen LogP) is 1.52. The van der Waals surface area contributed by atoms with Crippen molar-refractivity contribution in [2.45, 2.75) is 6.18 Å². The average Bonchev–Trinajstić information content (AvgIpc) is 1.88. The van der Waals surface area contributed by atoms with Gasteiger partial charge in [-0.15, -0.1) is 0 Å². The van der Waals surface area contributed by atoms with Crippen LogP contribution in [0.1, 0.15) is 5.56 Å². The predicted molar refractivity (Wildman–Crippen MR) is 28.0 cm³/mol. The third kappa shape index (κ3) is 1.46. The molecule has 1 heterocycles. The van der Waals surface area contributed by atoms with E-state index in [9.17, 15) is 13.2 Å². The van der Waals surface area contributed by atoms with Crippen LogP contribution in [0.3, 0.4) is 0 Å². The Morgan fingerprint density at radius 3 is 2.30 bits per heavy atom. The molecule has 1 aromatic heterocycles. The van der Waals surface area contributed by atoms with Gasteiger partial charge in [-0.3, -0.25) is 0 Å². The maximum atomic E-state index is 11.8. The van der Waals surface area contributed by atoms with Crippen LogP contribution in [0.5, 0.6) is 0 Å². The van der Waals surface area contributed by atoms with E-state index in [2.05, 4.69) is 4.98 Å². The second-order valence-electron chi connectivity index (χ2n) is 1.79. The van der Waals surface area contributed by atoms with Crippen LogP contribution in [-0.2, 0) is 6.18 Å². The molecule has 1 nitrogen and oxygen atoms in total. The molecule has 0 saturated heterocycles. The average molecular weight is 148 g/mol. The Morgan fingerprint density at radius 1 is 1.30 bits per heavy atom. The molecule has 0 aliphatic carbocycles. The Labute approximate surface area is 55.5 Å². The molecule has 0 saturated carbocycles. The first-order chi connectivity index (χ1) is 4.61. The smallest absolute Gasteiger partial charge is 0.217 e. The number of hydrogen-bond donors (Lipinski definition) is 0. The van der Waals surface area contributed by atoms with Crippen LogP contribution in [0.2, 0.25) is 0 Å². The summed E-state index contributed by atoms with van der Waals surface area (Å²) >= 11 is 0. The first-order valence-electron chi connectivity index (χ1n) is 2.64. The summed E-state index contributed by atoms with van der Waals surface area (Å²) in [5, 5.41) is 0. The van der Waals surface area contributed by atoms with Crippen LogP contribution in [0.15, 0.2) is 24.5 Å². The second kappa shape index (κ2) is 2.28. The highest BCUT2D eigenvalue weighted by Gasteiger charge is 2.31. The first kappa shape index (κ1) is 7.05. The standard InChI is InChI=1S/C6H4F3N/c7-6(8,9)5-2-1-3-10-4-5/h1-4H/p+1. The van der Waals surface area contributed by atoms with Gasteiger partial charge in [0.05, 0.1) is 0 Å². The quantitative estimate of drug-likeness (QED) is 0.529. The number of rotatable bonds is 0. The SMILES string of the molecule is FC(F)(F)c1ccc[nH+]c1. The lowest BCUT2D eigenvalue weighted by molar-refractivity contribution is -0.381. The zero-order chi connectivity index (χ0) is 7.61. The van der Waals surface area contributed by atoms with Crippen LogP contribution >= 0.6 is 0 Å². The Hall–Kier alpha value is -1.06. The van der Waals surface area contributed by atoms with Gasteiger partial charge in [0.2, 0.25) is 0 Å². The summed E-state index contributed by atoms with van der Waals surface area (Å²) in [7, 11) is 0. The Balaban J connectivity index is 2.97. The maximum absolute atomic E-state index is 11.8. The molecule has 0 fully saturated rings. The summed E-state index contributed by atoms with van der Waals surface area (Å²) in [6.07, 6.45) is -1.90. The van der Waals surface area contributed by atoms with Crippen molar-refractivity contribution >= 4 is 0 Å². The number of alkyl halides is 3.